The second-order valence-electron chi connectivity index (χ2n) is 3.79. The Bertz CT molecular complexity index is 362. The van der Waals surface area contributed by atoms with Gasteiger partial charge in [-0.2, -0.15) is 0 Å². The first kappa shape index (κ1) is 9.90. The molecule has 15 heavy (non-hydrogen) atoms. The number of benzene rings is 1. The predicted molar refractivity (Wildman–Crippen MR) is 60.3 cm³/mol. The van der Waals surface area contributed by atoms with Crippen molar-refractivity contribution in [3.63, 3.8) is 0 Å². The van der Waals surface area contributed by atoms with E-state index in [4.69, 9.17) is 4.74 Å². The van der Waals surface area contributed by atoms with Crippen molar-refractivity contribution >= 4 is 0 Å². The summed E-state index contributed by atoms with van der Waals surface area (Å²) in [4.78, 5) is 4.41. The Morgan fingerprint density at radius 3 is 2.87 bits per heavy atom. The van der Waals surface area contributed by atoms with Crippen LogP contribution in [0, 0.1) is 0 Å². The molecular weight excluding hydrogens is 188 g/mol. The van der Waals surface area contributed by atoms with Crippen LogP contribution in [0.2, 0.25) is 0 Å². The molecule has 0 N–H and O–H groups in total. The SMILES string of the molecule is COc1cccc(CN2C=CN(C)C2)c1. The summed E-state index contributed by atoms with van der Waals surface area (Å²) in [7, 11) is 3.77. The first-order valence-corrected chi connectivity index (χ1v) is 5.03. The molecule has 0 spiro atoms. The van der Waals surface area contributed by atoms with E-state index < -0.39 is 0 Å². The van der Waals surface area contributed by atoms with Crippen molar-refractivity contribution in [3.05, 3.63) is 42.2 Å². The number of nitrogens with zero attached hydrogens (tertiary/aromatic N) is 2. The zero-order chi connectivity index (χ0) is 10.7. The third-order valence-corrected chi connectivity index (χ3v) is 2.46. The van der Waals surface area contributed by atoms with Gasteiger partial charge in [0.1, 0.15) is 5.75 Å². The first-order chi connectivity index (χ1) is 7.28. The standard InChI is InChI=1S/C12H16N2O/c1-13-6-7-14(10-13)9-11-4-3-5-12(8-11)15-2/h3-8H,9-10H2,1-2H3. The van der Waals surface area contributed by atoms with Gasteiger partial charge in [0.25, 0.3) is 0 Å². The lowest BCUT2D eigenvalue weighted by Gasteiger charge is -2.18. The molecule has 0 aliphatic carbocycles. The van der Waals surface area contributed by atoms with Gasteiger partial charge in [0, 0.05) is 26.0 Å². The fraction of sp³-hybridized carbons (Fsp3) is 0.333. The number of hydrogen-bond acceptors (Lipinski definition) is 3. The van der Waals surface area contributed by atoms with Crippen LogP contribution in [-0.4, -0.2) is 30.6 Å². The van der Waals surface area contributed by atoms with Gasteiger partial charge >= 0.3 is 0 Å². The molecule has 0 radical (unpaired) electrons. The lowest BCUT2D eigenvalue weighted by molar-refractivity contribution is 0.290. The Morgan fingerprint density at radius 1 is 1.33 bits per heavy atom. The highest BCUT2D eigenvalue weighted by molar-refractivity contribution is 5.28. The molecule has 3 heteroatoms. The van der Waals surface area contributed by atoms with E-state index in [2.05, 4.69) is 41.4 Å². The van der Waals surface area contributed by atoms with E-state index in [-0.39, 0.29) is 0 Å². The maximum absolute atomic E-state index is 5.19. The fourth-order valence-corrected chi connectivity index (χ4v) is 1.70. The second kappa shape index (κ2) is 4.26. The predicted octanol–water partition coefficient (Wildman–Crippen LogP) is 1.87. The molecule has 0 saturated carbocycles. The maximum atomic E-state index is 5.19. The van der Waals surface area contributed by atoms with E-state index in [1.807, 2.05) is 12.1 Å². The highest BCUT2D eigenvalue weighted by atomic mass is 16.5. The molecule has 0 saturated heterocycles. The van der Waals surface area contributed by atoms with Gasteiger partial charge in [-0.3, -0.25) is 0 Å². The Balaban J connectivity index is 2.01. The molecule has 3 nitrogen and oxygen atoms in total. The highest BCUT2D eigenvalue weighted by Crippen LogP contribution is 2.16. The van der Waals surface area contributed by atoms with Crippen molar-refractivity contribution in [2.24, 2.45) is 0 Å². The number of hydrogen-bond donors (Lipinski definition) is 0. The molecule has 0 amide bonds. The van der Waals surface area contributed by atoms with E-state index in [9.17, 15) is 0 Å². The van der Waals surface area contributed by atoms with Crippen molar-refractivity contribution in [1.82, 2.24) is 9.80 Å². The largest absolute Gasteiger partial charge is 0.497 e. The second-order valence-corrected chi connectivity index (χ2v) is 3.79. The van der Waals surface area contributed by atoms with Crippen LogP contribution in [0.15, 0.2) is 36.7 Å². The third kappa shape index (κ3) is 2.43. The zero-order valence-corrected chi connectivity index (χ0v) is 9.18. The number of rotatable bonds is 3. The van der Waals surface area contributed by atoms with E-state index in [1.54, 1.807) is 7.11 Å². The molecule has 2 rings (SSSR count). The fourth-order valence-electron chi connectivity index (χ4n) is 1.70. The maximum Gasteiger partial charge on any atom is 0.119 e. The summed E-state index contributed by atoms with van der Waals surface area (Å²) in [5.41, 5.74) is 1.27. The quantitative estimate of drug-likeness (QED) is 0.747. The smallest absolute Gasteiger partial charge is 0.119 e. The van der Waals surface area contributed by atoms with Crippen molar-refractivity contribution in [2.75, 3.05) is 20.8 Å². The molecule has 1 aliphatic rings. The Labute approximate surface area is 90.6 Å². The summed E-state index contributed by atoms with van der Waals surface area (Å²) in [6.45, 7) is 1.88. The molecule has 0 aromatic heterocycles. The molecule has 80 valence electrons. The molecule has 1 aromatic carbocycles. The van der Waals surface area contributed by atoms with Crippen LogP contribution in [0.1, 0.15) is 5.56 Å². The topological polar surface area (TPSA) is 15.7 Å². The average molecular weight is 204 g/mol. The van der Waals surface area contributed by atoms with Crippen LogP contribution < -0.4 is 4.74 Å². The summed E-state index contributed by atoms with van der Waals surface area (Å²) in [6, 6.07) is 8.19. The van der Waals surface area contributed by atoms with E-state index in [0.717, 1.165) is 19.0 Å². The molecule has 0 fully saturated rings. The minimum atomic E-state index is 0.920. The highest BCUT2D eigenvalue weighted by Gasteiger charge is 2.08. The van der Waals surface area contributed by atoms with Gasteiger partial charge in [0.05, 0.1) is 13.8 Å². The van der Waals surface area contributed by atoms with Crippen molar-refractivity contribution in [3.8, 4) is 5.75 Å². The molecule has 0 atom stereocenters. The van der Waals surface area contributed by atoms with E-state index in [0.29, 0.717) is 0 Å². The molecule has 1 aliphatic heterocycles. The number of ether oxygens (including phenoxy) is 1. The molecule has 0 unspecified atom stereocenters. The van der Waals surface area contributed by atoms with Crippen molar-refractivity contribution in [1.29, 1.82) is 0 Å². The summed E-state index contributed by atoms with van der Waals surface area (Å²) in [5, 5.41) is 0. The van der Waals surface area contributed by atoms with Crippen LogP contribution in [0.3, 0.4) is 0 Å². The van der Waals surface area contributed by atoms with E-state index in [1.165, 1.54) is 5.56 Å². The zero-order valence-electron chi connectivity index (χ0n) is 9.18. The Hall–Kier alpha value is -1.64. The summed E-state index contributed by atoms with van der Waals surface area (Å²) in [5.74, 6) is 0.920. The van der Waals surface area contributed by atoms with Crippen LogP contribution in [0.4, 0.5) is 0 Å². The van der Waals surface area contributed by atoms with Crippen LogP contribution >= 0.6 is 0 Å². The third-order valence-electron chi connectivity index (χ3n) is 2.46. The summed E-state index contributed by atoms with van der Waals surface area (Å²) in [6.07, 6.45) is 4.19. The van der Waals surface area contributed by atoms with Gasteiger partial charge in [-0.15, -0.1) is 0 Å². The molecule has 1 aromatic rings. The van der Waals surface area contributed by atoms with Crippen LogP contribution in [0.25, 0.3) is 0 Å². The van der Waals surface area contributed by atoms with Gasteiger partial charge in [0.2, 0.25) is 0 Å². The summed E-state index contributed by atoms with van der Waals surface area (Å²) < 4.78 is 5.19. The lowest BCUT2D eigenvalue weighted by atomic mass is 10.2. The first-order valence-electron chi connectivity index (χ1n) is 5.03. The van der Waals surface area contributed by atoms with Gasteiger partial charge in [-0.25, -0.2) is 0 Å². The normalized spacial score (nSPS) is 14.8. The van der Waals surface area contributed by atoms with Gasteiger partial charge in [-0.1, -0.05) is 12.1 Å². The Kier molecular flexibility index (Phi) is 2.81. The summed E-state index contributed by atoms with van der Waals surface area (Å²) >= 11 is 0. The molecule has 0 bridgehead atoms. The van der Waals surface area contributed by atoms with Gasteiger partial charge in [-0.05, 0) is 17.7 Å². The van der Waals surface area contributed by atoms with Gasteiger partial charge < -0.3 is 14.5 Å². The lowest BCUT2D eigenvalue weighted by Crippen LogP contribution is -2.21. The van der Waals surface area contributed by atoms with Crippen molar-refractivity contribution in [2.45, 2.75) is 6.54 Å². The van der Waals surface area contributed by atoms with Crippen LogP contribution in [0.5, 0.6) is 5.75 Å². The van der Waals surface area contributed by atoms with Crippen LogP contribution in [-0.2, 0) is 6.54 Å². The average Bonchev–Trinajstić information content (AvgIpc) is 2.64. The number of methoxy groups -OCH3 is 1. The van der Waals surface area contributed by atoms with Gasteiger partial charge in [0.15, 0.2) is 0 Å². The minimum Gasteiger partial charge on any atom is -0.497 e. The molecule has 1 heterocycles. The molecular formula is C12H16N2O. The van der Waals surface area contributed by atoms with Crippen molar-refractivity contribution < 1.29 is 4.74 Å². The monoisotopic (exact) mass is 204 g/mol. The van der Waals surface area contributed by atoms with E-state index >= 15 is 0 Å². The minimum absolute atomic E-state index is 0.920. The Morgan fingerprint density at radius 2 is 2.20 bits per heavy atom.